The summed E-state index contributed by atoms with van der Waals surface area (Å²) in [5.74, 6) is -2.77. The molecule has 5 N–H and O–H groups in total. The van der Waals surface area contributed by atoms with E-state index in [0.717, 1.165) is 68.7 Å². The minimum Gasteiger partial charge on any atom is -0.356 e. The van der Waals surface area contributed by atoms with Crippen LogP contribution < -0.4 is 21.3 Å². The van der Waals surface area contributed by atoms with Crippen molar-refractivity contribution >= 4 is 40.3 Å². The van der Waals surface area contributed by atoms with Crippen molar-refractivity contribution in [1.29, 1.82) is 0 Å². The van der Waals surface area contributed by atoms with Crippen molar-refractivity contribution in [3.63, 3.8) is 0 Å². The third kappa shape index (κ3) is 7.34. The standard InChI is InChI=1S/C31H41N5O5/c37-27(31(41)33-22-11-2-1-3-12-22)24(18-21-14-15-32-28(21)38)35-29(39)25(16-19-8-4-5-9-19)36-30(40)26-17-20-10-6-7-13-23(20)34-26/h6-7,10,13,17,19,21-22,24-25,34H,1-5,8-9,11-12,14-16,18H2,(H,32,38)(H,33,41)(H,35,39)(H,36,40)/t21-,24?,25-/m0/s1. The number of amides is 4. The fourth-order valence-electron chi connectivity index (χ4n) is 6.56. The minimum atomic E-state index is -1.16. The number of carbonyl (C=O) groups excluding carboxylic acids is 5. The summed E-state index contributed by atoms with van der Waals surface area (Å²) in [6.07, 6.45) is 9.88. The summed E-state index contributed by atoms with van der Waals surface area (Å²) in [5.41, 5.74) is 1.16. The Kier molecular flexibility index (Phi) is 9.36. The predicted molar refractivity (Wildman–Crippen MR) is 154 cm³/mol. The highest BCUT2D eigenvalue weighted by Crippen LogP contribution is 2.29. The first-order valence-electron chi connectivity index (χ1n) is 15.2. The van der Waals surface area contributed by atoms with Crippen LogP contribution in [-0.4, -0.2) is 59.1 Å². The molecule has 2 aliphatic carbocycles. The monoisotopic (exact) mass is 563 g/mol. The maximum atomic E-state index is 13.7. The van der Waals surface area contributed by atoms with Crippen molar-refractivity contribution in [2.45, 2.75) is 95.2 Å². The first-order valence-corrected chi connectivity index (χ1v) is 15.2. The average molecular weight is 564 g/mol. The Hall–Kier alpha value is -3.69. The number of aromatic nitrogens is 1. The molecule has 4 amide bonds. The molecule has 1 unspecified atom stereocenters. The molecular weight excluding hydrogens is 522 g/mol. The van der Waals surface area contributed by atoms with Crippen LogP contribution in [0.3, 0.4) is 0 Å². The lowest BCUT2D eigenvalue weighted by Crippen LogP contribution is -2.55. The van der Waals surface area contributed by atoms with E-state index in [1.165, 1.54) is 0 Å². The van der Waals surface area contributed by atoms with Crippen LogP contribution in [0.1, 0.15) is 87.5 Å². The van der Waals surface area contributed by atoms with Gasteiger partial charge in [-0.1, -0.05) is 63.1 Å². The van der Waals surface area contributed by atoms with E-state index in [-0.39, 0.29) is 24.3 Å². The topological polar surface area (TPSA) is 149 Å². The summed E-state index contributed by atoms with van der Waals surface area (Å²) in [4.78, 5) is 68.9. The lowest BCUT2D eigenvalue weighted by molar-refractivity contribution is -0.141. The Balaban J connectivity index is 1.31. The summed E-state index contributed by atoms with van der Waals surface area (Å²) >= 11 is 0. The van der Waals surface area contributed by atoms with Crippen molar-refractivity contribution < 1.29 is 24.0 Å². The molecule has 41 heavy (non-hydrogen) atoms. The highest BCUT2D eigenvalue weighted by atomic mass is 16.2. The van der Waals surface area contributed by atoms with Crippen molar-refractivity contribution in [3.8, 4) is 0 Å². The molecule has 1 aromatic carbocycles. The van der Waals surface area contributed by atoms with Gasteiger partial charge < -0.3 is 26.3 Å². The largest absolute Gasteiger partial charge is 0.356 e. The average Bonchev–Trinajstić information content (AvgIpc) is 3.74. The van der Waals surface area contributed by atoms with Crippen LogP contribution in [0.15, 0.2) is 30.3 Å². The number of benzene rings is 1. The van der Waals surface area contributed by atoms with Gasteiger partial charge in [-0.2, -0.15) is 0 Å². The molecule has 0 radical (unpaired) electrons. The summed E-state index contributed by atoms with van der Waals surface area (Å²) in [6.45, 7) is 0.498. The van der Waals surface area contributed by atoms with Gasteiger partial charge in [-0.3, -0.25) is 24.0 Å². The van der Waals surface area contributed by atoms with Crippen LogP contribution in [-0.2, 0) is 19.2 Å². The van der Waals surface area contributed by atoms with E-state index in [9.17, 15) is 24.0 Å². The molecule has 10 heteroatoms. The maximum Gasteiger partial charge on any atom is 0.289 e. The van der Waals surface area contributed by atoms with E-state index < -0.39 is 41.5 Å². The van der Waals surface area contributed by atoms with Gasteiger partial charge in [-0.25, -0.2) is 0 Å². The van der Waals surface area contributed by atoms with Gasteiger partial charge in [-0.05, 0) is 50.2 Å². The quantitative estimate of drug-likeness (QED) is 0.267. The van der Waals surface area contributed by atoms with E-state index in [0.29, 0.717) is 25.1 Å². The highest BCUT2D eigenvalue weighted by molar-refractivity contribution is 6.38. The Morgan fingerprint density at radius 1 is 0.854 bits per heavy atom. The molecule has 10 nitrogen and oxygen atoms in total. The number of ketones is 1. The number of fused-ring (bicyclic) bond motifs is 1. The SMILES string of the molecule is O=C(NC1CCCCC1)C(=O)C(C[C@@H]1CCNC1=O)NC(=O)[C@H](CC1CCCC1)NC(=O)c1cc2ccccc2[nH]1. The molecule has 2 heterocycles. The van der Waals surface area contributed by atoms with Crippen molar-refractivity contribution in [3.05, 3.63) is 36.0 Å². The van der Waals surface area contributed by atoms with Crippen LogP contribution in [0.25, 0.3) is 10.9 Å². The lowest BCUT2D eigenvalue weighted by atomic mass is 9.93. The Morgan fingerprint density at radius 3 is 2.29 bits per heavy atom. The predicted octanol–water partition coefficient (Wildman–Crippen LogP) is 2.88. The highest BCUT2D eigenvalue weighted by Gasteiger charge is 2.37. The molecule has 0 bridgehead atoms. The molecular formula is C31H41N5O5. The van der Waals surface area contributed by atoms with Gasteiger partial charge in [-0.15, -0.1) is 0 Å². The number of Topliss-reactive ketones (excluding diaryl/α,β-unsaturated/α-hetero) is 1. The zero-order valence-electron chi connectivity index (χ0n) is 23.5. The lowest BCUT2D eigenvalue weighted by Gasteiger charge is -2.26. The van der Waals surface area contributed by atoms with Gasteiger partial charge in [0.25, 0.3) is 11.8 Å². The number of rotatable bonds is 11. The molecule has 3 fully saturated rings. The second-order valence-corrected chi connectivity index (χ2v) is 11.9. The van der Waals surface area contributed by atoms with Crippen LogP contribution in [0.4, 0.5) is 0 Å². The smallest absolute Gasteiger partial charge is 0.289 e. The summed E-state index contributed by atoms with van der Waals surface area (Å²) in [5, 5.41) is 12.2. The Bertz CT molecular complexity index is 1240. The van der Waals surface area contributed by atoms with Crippen LogP contribution >= 0.6 is 0 Å². The molecule has 1 aliphatic heterocycles. The molecule has 3 atom stereocenters. The fourth-order valence-corrected chi connectivity index (χ4v) is 6.56. The number of aromatic amines is 1. The van der Waals surface area contributed by atoms with Crippen LogP contribution in [0, 0.1) is 11.8 Å². The number of nitrogens with one attached hydrogen (secondary N) is 5. The second-order valence-electron chi connectivity index (χ2n) is 11.9. The Morgan fingerprint density at radius 2 is 1.59 bits per heavy atom. The minimum absolute atomic E-state index is 0.0423. The molecule has 220 valence electrons. The zero-order chi connectivity index (χ0) is 28.8. The van der Waals surface area contributed by atoms with E-state index >= 15 is 0 Å². The number of H-pyrrole nitrogens is 1. The summed E-state index contributed by atoms with van der Waals surface area (Å²) < 4.78 is 0. The number of hydrogen-bond acceptors (Lipinski definition) is 5. The van der Waals surface area contributed by atoms with Gasteiger partial charge in [0.05, 0.1) is 6.04 Å². The van der Waals surface area contributed by atoms with Crippen molar-refractivity contribution in [2.75, 3.05) is 6.54 Å². The molecule has 3 aliphatic rings. The third-order valence-electron chi connectivity index (χ3n) is 8.92. The molecule has 0 spiro atoms. The summed E-state index contributed by atoms with van der Waals surface area (Å²) in [6, 6.07) is 7.19. The van der Waals surface area contributed by atoms with Crippen molar-refractivity contribution in [2.24, 2.45) is 11.8 Å². The van der Waals surface area contributed by atoms with Gasteiger partial charge in [0.1, 0.15) is 11.7 Å². The number of carbonyl (C=O) groups is 5. The normalized spacial score (nSPS) is 21.3. The van der Waals surface area contributed by atoms with Crippen LogP contribution in [0.5, 0.6) is 0 Å². The molecule has 2 saturated carbocycles. The number of hydrogen-bond donors (Lipinski definition) is 5. The van der Waals surface area contributed by atoms with Crippen LogP contribution in [0.2, 0.25) is 0 Å². The first kappa shape index (κ1) is 28.8. The number of para-hydroxylation sites is 1. The second kappa shape index (κ2) is 13.3. The first-order chi connectivity index (χ1) is 19.9. The molecule has 5 rings (SSSR count). The van der Waals surface area contributed by atoms with Crippen molar-refractivity contribution in [1.82, 2.24) is 26.3 Å². The molecule has 1 saturated heterocycles. The van der Waals surface area contributed by atoms with Gasteiger partial charge >= 0.3 is 0 Å². The van der Waals surface area contributed by atoms with E-state index in [1.54, 1.807) is 6.07 Å². The summed E-state index contributed by atoms with van der Waals surface area (Å²) in [7, 11) is 0. The van der Waals surface area contributed by atoms with E-state index in [4.69, 9.17) is 0 Å². The van der Waals surface area contributed by atoms with Gasteiger partial charge in [0.2, 0.25) is 17.6 Å². The third-order valence-corrected chi connectivity index (χ3v) is 8.92. The van der Waals surface area contributed by atoms with Gasteiger partial charge in [0.15, 0.2) is 0 Å². The van der Waals surface area contributed by atoms with Gasteiger partial charge in [0, 0.05) is 29.4 Å². The van der Waals surface area contributed by atoms with E-state index in [1.807, 2.05) is 24.3 Å². The molecule has 1 aromatic heterocycles. The molecule has 2 aromatic rings. The fraction of sp³-hybridized carbons (Fsp3) is 0.581. The maximum absolute atomic E-state index is 13.7. The Labute approximate surface area is 240 Å². The van der Waals surface area contributed by atoms with E-state index in [2.05, 4.69) is 26.3 Å². The zero-order valence-corrected chi connectivity index (χ0v) is 23.5.